The predicted molar refractivity (Wildman–Crippen MR) is 227 cm³/mol. The number of nitrogens with zero attached hydrogens (tertiary/aromatic N) is 2. The maximum Gasteiger partial charge on any atom is 0.164 e. The molecule has 0 amide bonds. The Labute approximate surface area is 338 Å². The Morgan fingerprint density at radius 3 is 2.06 bits per heavy atom. The number of aliphatic hydroxyl groups is 1. The first kappa shape index (κ1) is 42.8. The first-order valence-corrected chi connectivity index (χ1v) is 20.6. The van der Waals surface area contributed by atoms with Crippen LogP contribution >= 0.6 is 22.7 Å². The number of carbonyl (C=O) groups excluding carboxylic acids is 1. The van der Waals surface area contributed by atoms with E-state index < -0.39 is 0 Å². The van der Waals surface area contributed by atoms with Gasteiger partial charge in [0.25, 0.3) is 0 Å². The summed E-state index contributed by atoms with van der Waals surface area (Å²) in [6.07, 6.45) is 7.59. The van der Waals surface area contributed by atoms with Crippen molar-refractivity contribution in [2.75, 3.05) is 0 Å². The zero-order valence-corrected chi connectivity index (χ0v) is 37.7. The van der Waals surface area contributed by atoms with E-state index in [0.717, 1.165) is 59.0 Å². The van der Waals surface area contributed by atoms with Crippen molar-refractivity contribution in [2.45, 2.75) is 121 Å². The first-order valence-electron chi connectivity index (χ1n) is 19.0. The standard InChI is InChI=1S/C31H29N2S2.C15H28O2.Ir/c1-17(2)11-22-18(3)34-26-15-24-27(14-23(22)26)35-30-28(24)29(32-16-33-30)20-12-19-9-7-8-10-21(19)25(13-20)31(4,5)6;1-7-14(5,8-2)12(16)11-13(17)15(6,9-3)10-4;/h7-10,13-17H,11H2,1-6H3;11,16H,7-10H2,1-6H3;/q-1;;/b;12-11-;. The molecule has 3 heterocycles. The molecule has 0 atom stereocenters. The second-order valence-corrected chi connectivity index (χ2v) is 18.7. The molecule has 0 unspecified atom stereocenters. The summed E-state index contributed by atoms with van der Waals surface area (Å²) in [7, 11) is 0. The molecule has 6 aromatic rings. The van der Waals surface area contributed by atoms with Gasteiger partial charge in [0.05, 0.1) is 0 Å². The molecule has 0 bridgehead atoms. The van der Waals surface area contributed by atoms with Crippen LogP contribution in [0.15, 0.2) is 60.6 Å². The first-order chi connectivity index (χ1) is 24.5. The third kappa shape index (κ3) is 8.64. The van der Waals surface area contributed by atoms with Gasteiger partial charge in [-0.1, -0.05) is 105 Å². The van der Waals surface area contributed by atoms with Crippen molar-refractivity contribution in [3.63, 3.8) is 0 Å². The molecule has 53 heavy (non-hydrogen) atoms. The molecule has 0 aliphatic heterocycles. The van der Waals surface area contributed by atoms with E-state index in [1.54, 1.807) is 17.7 Å². The molecule has 285 valence electrons. The minimum atomic E-state index is -0.337. The maximum absolute atomic E-state index is 12.2. The number of aliphatic hydroxyl groups excluding tert-OH is 1. The summed E-state index contributed by atoms with van der Waals surface area (Å²) in [4.78, 5) is 24.2. The van der Waals surface area contributed by atoms with Gasteiger partial charge < -0.3 is 5.11 Å². The molecule has 0 saturated carbocycles. The van der Waals surface area contributed by atoms with Gasteiger partial charge in [0.15, 0.2) is 5.78 Å². The number of thiophene rings is 2. The number of aryl methyl sites for hydroxylation is 1. The normalized spacial score (nSPS) is 12.8. The Bertz CT molecular complexity index is 2260. The van der Waals surface area contributed by atoms with Crippen molar-refractivity contribution in [1.82, 2.24) is 9.97 Å². The molecule has 4 nitrogen and oxygen atoms in total. The van der Waals surface area contributed by atoms with E-state index in [2.05, 4.69) is 90.1 Å². The van der Waals surface area contributed by atoms with Crippen molar-refractivity contribution in [2.24, 2.45) is 16.7 Å². The van der Waals surface area contributed by atoms with Crippen molar-refractivity contribution in [3.8, 4) is 11.3 Å². The number of ketones is 1. The van der Waals surface area contributed by atoms with Crippen LogP contribution in [0, 0.1) is 29.7 Å². The van der Waals surface area contributed by atoms with E-state index in [0.29, 0.717) is 5.92 Å². The molecule has 7 heteroatoms. The number of fused-ring (bicyclic) bond motifs is 5. The number of allylic oxidation sites excluding steroid dienone is 2. The van der Waals surface area contributed by atoms with Gasteiger partial charge >= 0.3 is 0 Å². The van der Waals surface area contributed by atoms with Gasteiger partial charge in [0.2, 0.25) is 0 Å². The average Bonchev–Trinajstić information content (AvgIpc) is 3.64. The van der Waals surface area contributed by atoms with Crippen LogP contribution in [-0.2, 0) is 36.7 Å². The third-order valence-corrected chi connectivity index (χ3v) is 13.6. The SMILES string of the molecule is CCC(C)(CC)C(=O)/C=C(\O)C(C)(CC)CC.Cc1sc2cc3c(cc2c1CC(C)C)sc1ncnc(-c2[c-]c4ccccc4c(C(C)(C)C)c2)c13.[Ir]. The fraction of sp³-hybridized carbons (Fsp3) is 0.457. The van der Waals surface area contributed by atoms with E-state index >= 15 is 0 Å². The Balaban J connectivity index is 0.000000299. The van der Waals surface area contributed by atoms with E-state index in [4.69, 9.17) is 9.97 Å². The molecular weight excluding hydrogens is 869 g/mol. The van der Waals surface area contributed by atoms with E-state index in [1.807, 2.05) is 52.9 Å². The monoisotopic (exact) mass is 926 g/mol. The molecule has 1 radical (unpaired) electrons. The van der Waals surface area contributed by atoms with Crippen molar-refractivity contribution in [3.05, 3.63) is 82.7 Å². The number of rotatable bonds is 10. The minimum absolute atomic E-state index is 0. The van der Waals surface area contributed by atoms with Gasteiger partial charge in [-0.05, 0) is 78.8 Å². The fourth-order valence-electron chi connectivity index (χ4n) is 6.90. The second-order valence-electron chi connectivity index (χ2n) is 16.4. The zero-order chi connectivity index (χ0) is 38.2. The van der Waals surface area contributed by atoms with Crippen LogP contribution in [0.3, 0.4) is 0 Å². The van der Waals surface area contributed by atoms with Crippen LogP contribution in [0.2, 0.25) is 0 Å². The van der Waals surface area contributed by atoms with Crippen molar-refractivity contribution >= 4 is 69.6 Å². The third-order valence-electron chi connectivity index (χ3n) is 11.4. The van der Waals surface area contributed by atoms with Crippen LogP contribution in [0.5, 0.6) is 0 Å². The van der Waals surface area contributed by atoms with Crippen LogP contribution in [0.1, 0.15) is 118 Å². The molecule has 3 aromatic heterocycles. The predicted octanol–water partition coefficient (Wildman–Crippen LogP) is 14.1. The van der Waals surface area contributed by atoms with Crippen LogP contribution in [0.25, 0.3) is 52.4 Å². The number of hydrogen-bond acceptors (Lipinski definition) is 6. The number of hydrogen-bond donors (Lipinski definition) is 1. The Kier molecular flexibility index (Phi) is 13.6. The molecule has 3 aromatic carbocycles. The van der Waals surface area contributed by atoms with Crippen LogP contribution < -0.4 is 0 Å². The Hall–Kier alpha value is -2.96. The molecule has 6 rings (SSSR count). The van der Waals surface area contributed by atoms with Crippen LogP contribution in [-0.4, -0.2) is 20.9 Å². The maximum atomic E-state index is 12.2. The largest absolute Gasteiger partial charge is 0.512 e. The van der Waals surface area contributed by atoms with E-state index in [1.165, 1.54) is 47.6 Å². The summed E-state index contributed by atoms with van der Waals surface area (Å²) in [6.45, 7) is 25.8. The van der Waals surface area contributed by atoms with Gasteiger partial charge in [0, 0.05) is 62.4 Å². The Morgan fingerprint density at radius 2 is 1.45 bits per heavy atom. The van der Waals surface area contributed by atoms with Gasteiger partial charge in [-0.25, -0.2) is 4.98 Å². The average molecular weight is 926 g/mol. The zero-order valence-electron chi connectivity index (χ0n) is 33.7. The summed E-state index contributed by atoms with van der Waals surface area (Å²) in [5.41, 5.74) is 4.26. The minimum Gasteiger partial charge on any atom is -0.512 e. The van der Waals surface area contributed by atoms with E-state index in [-0.39, 0.29) is 47.9 Å². The summed E-state index contributed by atoms with van der Waals surface area (Å²) in [5, 5.41) is 16.3. The molecule has 0 saturated heterocycles. The quantitative estimate of drug-likeness (QED) is 0.0845. The smallest absolute Gasteiger partial charge is 0.164 e. The molecule has 0 fully saturated rings. The summed E-state index contributed by atoms with van der Waals surface area (Å²) in [6, 6.07) is 19.3. The van der Waals surface area contributed by atoms with E-state index in [9.17, 15) is 9.90 Å². The van der Waals surface area contributed by atoms with Gasteiger partial charge in [-0.2, -0.15) is 0 Å². The second kappa shape index (κ2) is 16.8. The van der Waals surface area contributed by atoms with Gasteiger partial charge in [0.1, 0.15) is 16.9 Å². The molecular formula is C46H57IrN2O2S2-. The number of benzene rings is 3. The number of aromatic nitrogens is 2. The van der Waals surface area contributed by atoms with Crippen LogP contribution in [0.4, 0.5) is 0 Å². The topological polar surface area (TPSA) is 63.1 Å². The van der Waals surface area contributed by atoms with Gasteiger partial charge in [-0.3, -0.25) is 9.78 Å². The molecule has 1 N–H and O–H groups in total. The summed E-state index contributed by atoms with van der Waals surface area (Å²) >= 11 is 3.69. The van der Waals surface area contributed by atoms with Crippen molar-refractivity contribution in [1.29, 1.82) is 0 Å². The summed E-state index contributed by atoms with van der Waals surface area (Å²) in [5.74, 6) is 0.927. The fourth-order valence-corrected chi connectivity index (χ4v) is 9.08. The molecule has 0 aliphatic rings. The Morgan fingerprint density at radius 1 is 0.849 bits per heavy atom. The number of carbonyl (C=O) groups is 1. The summed E-state index contributed by atoms with van der Waals surface area (Å²) < 4.78 is 2.65. The molecule has 0 spiro atoms. The van der Waals surface area contributed by atoms with Crippen molar-refractivity contribution < 1.29 is 30.0 Å². The molecule has 0 aliphatic carbocycles. The van der Waals surface area contributed by atoms with Gasteiger partial charge in [-0.15, -0.1) is 51.8 Å².